The Morgan fingerprint density at radius 3 is 1.42 bits per heavy atom. The lowest BCUT2D eigenvalue weighted by Gasteiger charge is -2.16. The van der Waals surface area contributed by atoms with E-state index < -0.39 is 18.0 Å². The molecule has 0 spiro atoms. The molecule has 0 aliphatic heterocycles. The van der Waals surface area contributed by atoms with Crippen LogP contribution in [0.4, 0.5) is 0 Å². The topological polar surface area (TPSA) is 57.2 Å². The first-order chi connectivity index (χ1) is 15.7. The van der Waals surface area contributed by atoms with E-state index in [1.807, 2.05) is 6.92 Å². The summed E-state index contributed by atoms with van der Waals surface area (Å²) >= 11 is 0. The van der Waals surface area contributed by atoms with Gasteiger partial charge in [-0.2, -0.15) is 0 Å². The standard InChI is InChI=1S/C21H21P.C7H8O3S/c1-16-14-17(2)21(18(3)15-16)22(19-10-6-4-7-11-19)20-12-8-5-9-13-20;1-6-2-4-7(5-3-6)11(8,9)10/h4-15H,1-3H3;2-5H,1H3,(H,8,9,10). The van der Waals surface area contributed by atoms with Gasteiger partial charge in [0, 0.05) is 0 Å². The molecule has 4 rings (SSSR count). The summed E-state index contributed by atoms with van der Waals surface area (Å²) in [7, 11) is -5.22. The number of hydrogen-bond donors (Lipinski definition) is 0. The van der Waals surface area contributed by atoms with Crippen LogP contribution >= 0.6 is 7.92 Å². The molecule has 0 fully saturated rings. The van der Waals surface area contributed by atoms with Gasteiger partial charge in [0.25, 0.3) is 0 Å². The van der Waals surface area contributed by atoms with Gasteiger partial charge in [-0.25, -0.2) is 8.42 Å². The first-order valence-electron chi connectivity index (χ1n) is 10.8. The predicted molar refractivity (Wildman–Crippen MR) is 140 cm³/mol. The lowest BCUT2D eigenvalue weighted by Crippen LogP contribution is -2.24. The van der Waals surface area contributed by atoms with Crippen molar-refractivity contribution >= 4 is 34.0 Å². The number of benzene rings is 4. The molecule has 0 amide bonds. The zero-order valence-corrected chi connectivity index (χ0v) is 21.2. The van der Waals surface area contributed by atoms with E-state index in [0.29, 0.717) is 0 Å². The normalized spacial score (nSPS) is 11.1. The molecule has 0 saturated carbocycles. The Hall–Kier alpha value is -2.78. The minimum atomic E-state index is -4.27. The summed E-state index contributed by atoms with van der Waals surface area (Å²) in [5, 5.41) is 4.44. The van der Waals surface area contributed by atoms with Crippen LogP contribution in [0.25, 0.3) is 0 Å². The molecule has 4 aromatic rings. The monoisotopic (exact) mass is 476 g/mol. The number of aryl methyl sites for hydroxylation is 4. The highest BCUT2D eigenvalue weighted by Gasteiger charge is 2.28. The summed E-state index contributed by atoms with van der Waals surface area (Å²) in [6, 6.07) is 32.3. The van der Waals surface area contributed by atoms with Crippen LogP contribution in [0.2, 0.25) is 0 Å². The second kappa shape index (κ2) is 10.9. The van der Waals surface area contributed by atoms with Crippen molar-refractivity contribution in [2.24, 2.45) is 0 Å². The molecule has 0 bridgehead atoms. The van der Waals surface area contributed by atoms with Gasteiger partial charge in [0.05, 0.1) is 12.8 Å². The maximum absolute atomic E-state index is 10.4. The highest BCUT2D eigenvalue weighted by Crippen LogP contribution is 2.35. The molecule has 0 unspecified atom stereocenters. The minimum Gasteiger partial charge on any atom is -0.744 e. The molecule has 3 nitrogen and oxygen atoms in total. The summed E-state index contributed by atoms with van der Waals surface area (Å²) in [4.78, 5) is -0.178. The summed E-state index contributed by atoms with van der Waals surface area (Å²) in [6.45, 7) is 8.51. The Morgan fingerprint density at radius 1 is 0.606 bits per heavy atom. The molecule has 0 atom stereocenters. The third kappa shape index (κ3) is 6.61. The molecule has 0 saturated heterocycles. The van der Waals surface area contributed by atoms with Gasteiger partial charge in [-0.15, -0.1) is 0 Å². The van der Waals surface area contributed by atoms with Crippen LogP contribution in [-0.4, -0.2) is 13.0 Å². The van der Waals surface area contributed by atoms with E-state index in [1.165, 1.54) is 44.7 Å². The van der Waals surface area contributed by atoms with Gasteiger partial charge in [0.15, 0.2) is 0 Å². The number of rotatable bonds is 4. The number of hydrogen-bond acceptors (Lipinski definition) is 3. The average Bonchev–Trinajstić information content (AvgIpc) is 2.77. The summed E-state index contributed by atoms with van der Waals surface area (Å²) in [5.74, 6) is 0. The van der Waals surface area contributed by atoms with Crippen molar-refractivity contribution in [3.8, 4) is 0 Å². The van der Waals surface area contributed by atoms with E-state index >= 15 is 0 Å². The maximum Gasteiger partial charge on any atom is 0.124 e. The van der Waals surface area contributed by atoms with Crippen LogP contribution in [0.1, 0.15) is 22.3 Å². The van der Waals surface area contributed by atoms with Gasteiger partial charge in [-0.05, 0) is 75.2 Å². The fraction of sp³-hybridized carbons (Fsp3) is 0.143. The fourth-order valence-corrected chi connectivity index (χ4v) is 7.31. The predicted octanol–water partition coefficient (Wildman–Crippen LogP) is 5.00. The lowest BCUT2D eigenvalue weighted by molar-refractivity contribution is 0.463. The zero-order chi connectivity index (χ0) is 24.0. The Morgan fingerprint density at radius 2 is 1.03 bits per heavy atom. The Labute approximate surface area is 198 Å². The SMILES string of the molecule is Cc1cc(C)c([PH+](c2ccccc2)c2ccccc2)c(C)c1.Cc1ccc(S(=O)(=O)[O-])cc1. The largest absolute Gasteiger partial charge is 0.744 e. The van der Waals surface area contributed by atoms with E-state index in [9.17, 15) is 13.0 Å². The smallest absolute Gasteiger partial charge is 0.124 e. The molecule has 0 N–H and O–H groups in total. The molecule has 0 aliphatic carbocycles. The fourth-order valence-electron chi connectivity index (χ4n) is 3.94. The molecule has 0 aromatic heterocycles. The molecule has 5 heteroatoms. The molecule has 170 valence electrons. The van der Waals surface area contributed by atoms with Crippen molar-refractivity contribution in [2.45, 2.75) is 32.6 Å². The zero-order valence-electron chi connectivity index (χ0n) is 19.4. The van der Waals surface area contributed by atoms with E-state index in [-0.39, 0.29) is 4.90 Å². The third-order valence-corrected chi connectivity index (χ3v) is 9.32. The van der Waals surface area contributed by atoms with Crippen molar-refractivity contribution in [2.75, 3.05) is 0 Å². The maximum atomic E-state index is 10.4. The van der Waals surface area contributed by atoms with Crippen LogP contribution in [0.15, 0.2) is 102 Å². The van der Waals surface area contributed by atoms with Gasteiger partial charge in [0.1, 0.15) is 26.0 Å². The van der Waals surface area contributed by atoms with Crippen LogP contribution < -0.4 is 15.9 Å². The molecule has 33 heavy (non-hydrogen) atoms. The molecular weight excluding hydrogens is 447 g/mol. The molecular formula is C28H29O3PS. The van der Waals surface area contributed by atoms with Crippen molar-refractivity contribution in [1.82, 2.24) is 0 Å². The van der Waals surface area contributed by atoms with E-state index in [2.05, 4.69) is 93.6 Å². The quantitative estimate of drug-likeness (QED) is 0.308. The van der Waals surface area contributed by atoms with Gasteiger partial charge in [-0.1, -0.05) is 71.8 Å². The van der Waals surface area contributed by atoms with Crippen LogP contribution in [0, 0.1) is 27.7 Å². The summed E-state index contributed by atoms with van der Waals surface area (Å²) < 4.78 is 31.2. The highest BCUT2D eigenvalue weighted by molar-refractivity contribution is 7.85. The molecule has 0 heterocycles. The molecule has 4 aromatic carbocycles. The second-order valence-electron chi connectivity index (χ2n) is 8.15. The second-order valence-corrected chi connectivity index (χ2v) is 11.9. The van der Waals surface area contributed by atoms with Gasteiger partial charge in [-0.3, -0.25) is 0 Å². The van der Waals surface area contributed by atoms with Crippen molar-refractivity contribution < 1.29 is 13.0 Å². The first-order valence-corrected chi connectivity index (χ1v) is 13.7. The Bertz CT molecular complexity index is 1240. The van der Waals surface area contributed by atoms with Crippen molar-refractivity contribution in [3.63, 3.8) is 0 Å². The van der Waals surface area contributed by atoms with Crippen molar-refractivity contribution in [1.29, 1.82) is 0 Å². The van der Waals surface area contributed by atoms with E-state index in [4.69, 9.17) is 0 Å². The third-order valence-electron chi connectivity index (χ3n) is 5.36. The molecule has 0 aliphatic rings. The summed E-state index contributed by atoms with van der Waals surface area (Å²) in [5.41, 5.74) is 5.11. The van der Waals surface area contributed by atoms with Crippen molar-refractivity contribution in [3.05, 3.63) is 119 Å². The average molecular weight is 477 g/mol. The first kappa shape index (κ1) is 24.9. The van der Waals surface area contributed by atoms with Crippen LogP contribution in [0.3, 0.4) is 0 Å². The van der Waals surface area contributed by atoms with Crippen LogP contribution in [0.5, 0.6) is 0 Å². The van der Waals surface area contributed by atoms with Gasteiger partial charge in [0.2, 0.25) is 0 Å². The van der Waals surface area contributed by atoms with Crippen LogP contribution in [-0.2, 0) is 10.1 Å². The highest BCUT2D eigenvalue weighted by atomic mass is 32.2. The Balaban J connectivity index is 0.000000235. The van der Waals surface area contributed by atoms with Gasteiger partial charge >= 0.3 is 0 Å². The van der Waals surface area contributed by atoms with E-state index in [1.54, 1.807) is 12.1 Å². The lowest BCUT2D eigenvalue weighted by atomic mass is 10.1. The minimum absolute atomic E-state index is 0.178. The molecule has 0 radical (unpaired) electrons. The van der Waals surface area contributed by atoms with E-state index in [0.717, 1.165) is 5.56 Å². The summed E-state index contributed by atoms with van der Waals surface area (Å²) in [6.07, 6.45) is 0. The van der Waals surface area contributed by atoms with Gasteiger partial charge < -0.3 is 4.55 Å². The Kier molecular flexibility index (Phi) is 8.20.